The van der Waals surface area contributed by atoms with E-state index in [0.29, 0.717) is 32.9 Å². The molecule has 2 aliphatic rings. The number of ether oxygens (including phenoxy) is 2. The van der Waals surface area contributed by atoms with E-state index in [1.54, 1.807) is 4.90 Å². The largest absolute Gasteiger partial charge is 0.481 e. The van der Waals surface area contributed by atoms with Crippen molar-refractivity contribution in [2.45, 2.75) is 25.4 Å². The molecule has 0 bridgehead atoms. The Labute approximate surface area is 106 Å². The van der Waals surface area contributed by atoms with Gasteiger partial charge >= 0.3 is 5.97 Å². The Morgan fingerprint density at radius 1 is 1.22 bits per heavy atom. The van der Waals surface area contributed by atoms with Gasteiger partial charge < -0.3 is 19.5 Å². The molecule has 102 valence electrons. The zero-order valence-corrected chi connectivity index (χ0v) is 10.3. The summed E-state index contributed by atoms with van der Waals surface area (Å²) >= 11 is 0. The lowest BCUT2D eigenvalue weighted by molar-refractivity contribution is -0.159. The molecule has 0 aromatic heterocycles. The predicted molar refractivity (Wildman–Crippen MR) is 62.1 cm³/mol. The number of carboxylic acids is 1. The van der Waals surface area contributed by atoms with Gasteiger partial charge in [0.25, 0.3) is 5.91 Å². The van der Waals surface area contributed by atoms with Gasteiger partial charge in [0.1, 0.15) is 0 Å². The van der Waals surface area contributed by atoms with E-state index >= 15 is 0 Å². The molecule has 0 aromatic rings. The van der Waals surface area contributed by atoms with Crippen LogP contribution in [0, 0.1) is 5.92 Å². The average Bonchev–Trinajstić information content (AvgIpc) is 2.39. The molecule has 2 rings (SSSR count). The van der Waals surface area contributed by atoms with Gasteiger partial charge in [-0.15, -0.1) is 0 Å². The molecule has 1 N–H and O–H groups in total. The molecule has 0 aliphatic carbocycles. The molecule has 0 saturated carbocycles. The van der Waals surface area contributed by atoms with Crippen molar-refractivity contribution < 1.29 is 24.2 Å². The van der Waals surface area contributed by atoms with Gasteiger partial charge in [-0.05, 0) is 18.8 Å². The Hall–Kier alpha value is -1.14. The maximum Gasteiger partial charge on any atom is 0.303 e. The summed E-state index contributed by atoms with van der Waals surface area (Å²) in [5, 5.41) is 8.73. The van der Waals surface area contributed by atoms with E-state index in [-0.39, 0.29) is 18.2 Å². The highest BCUT2D eigenvalue weighted by Gasteiger charge is 2.30. The highest BCUT2D eigenvalue weighted by molar-refractivity contribution is 5.81. The number of hydrogen-bond donors (Lipinski definition) is 1. The van der Waals surface area contributed by atoms with Crippen LogP contribution in [-0.4, -0.2) is 60.9 Å². The fourth-order valence-corrected chi connectivity index (χ4v) is 2.44. The van der Waals surface area contributed by atoms with Crippen LogP contribution in [0.15, 0.2) is 0 Å². The summed E-state index contributed by atoms with van der Waals surface area (Å²) in [5.41, 5.74) is 0. The Morgan fingerprint density at radius 3 is 2.50 bits per heavy atom. The van der Waals surface area contributed by atoms with Crippen molar-refractivity contribution in [1.29, 1.82) is 0 Å². The maximum atomic E-state index is 12.1. The van der Waals surface area contributed by atoms with Crippen LogP contribution >= 0.6 is 0 Å². The number of aliphatic carboxylic acids is 1. The molecule has 2 aliphatic heterocycles. The van der Waals surface area contributed by atoms with E-state index in [4.69, 9.17) is 14.6 Å². The maximum absolute atomic E-state index is 12.1. The van der Waals surface area contributed by atoms with Crippen LogP contribution in [0.1, 0.15) is 19.3 Å². The lowest BCUT2D eigenvalue weighted by Crippen LogP contribution is -2.48. The summed E-state index contributed by atoms with van der Waals surface area (Å²) in [4.78, 5) is 24.5. The molecule has 2 heterocycles. The van der Waals surface area contributed by atoms with Crippen LogP contribution in [0.3, 0.4) is 0 Å². The van der Waals surface area contributed by atoms with Crippen LogP contribution in [0.5, 0.6) is 0 Å². The Bertz CT molecular complexity index is 306. The van der Waals surface area contributed by atoms with Gasteiger partial charge in [-0.1, -0.05) is 0 Å². The second kappa shape index (κ2) is 6.15. The lowest BCUT2D eigenvalue weighted by Gasteiger charge is -2.34. The van der Waals surface area contributed by atoms with E-state index in [1.165, 1.54) is 0 Å². The van der Waals surface area contributed by atoms with E-state index in [0.717, 1.165) is 12.8 Å². The summed E-state index contributed by atoms with van der Waals surface area (Å²) in [6.07, 6.45) is 1.23. The molecule has 18 heavy (non-hydrogen) atoms. The Balaban J connectivity index is 1.78. The minimum Gasteiger partial charge on any atom is -0.481 e. The SMILES string of the molecule is O=C(O)CC1CCN(C(=O)[C@@H]2COCCO2)CC1. The smallest absolute Gasteiger partial charge is 0.303 e. The molecule has 0 aromatic carbocycles. The zero-order chi connectivity index (χ0) is 13.0. The van der Waals surface area contributed by atoms with Gasteiger partial charge in [-0.25, -0.2) is 0 Å². The van der Waals surface area contributed by atoms with Crippen LogP contribution in [-0.2, 0) is 19.1 Å². The number of amides is 1. The van der Waals surface area contributed by atoms with Gasteiger partial charge in [-0.2, -0.15) is 0 Å². The number of nitrogens with zero attached hydrogens (tertiary/aromatic N) is 1. The lowest BCUT2D eigenvalue weighted by atomic mass is 9.93. The first-order valence-corrected chi connectivity index (χ1v) is 6.36. The van der Waals surface area contributed by atoms with Crippen molar-refractivity contribution in [3.63, 3.8) is 0 Å². The third-order valence-corrected chi connectivity index (χ3v) is 3.48. The monoisotopic (exact) mass is 257 g/mol. The molecule has 1 atom stereocenters. The minimum absolute atomic E-state index is 0.0246. The summed E-state index contributed by atoms with van der Waals surface area (Å²) in [7, 11) is 0. The number of carbonyl (C=O) groups is 2. The van der Waals surface area contributed by atoms with Crippen LogP contribution < -0.4 is 0 Å². The molecule has 2 saturated heterocycles. The number of piperidine rings is 1. The van der Waals surface area contributed by atoms with Crippen LogP contribution in [0.4, 0.5) is 0 Å². The van der Waals surface area contributed by atoms with Gasteiger partial charge in [-0.3, -0.25) is 9.59 Å². The quantitative estimate of drug-likeness (QED) is 0.777. The van der Waals surface area contributed by atoms with Gasteiger partial charge in [0.2, 0.25) is 0 Å². The van der Waals surface area contributed by atoms with Crippen molar-refractivity contribution in [1.82, 2.24) is 4.90 Å². The van der Waals surface area contributed by atoms with Crippen LogP contribution in [0.25, 0.3) is 0 Å². The normalized spacial score (nSPS) is 26.0. The highest BCUT2D eigenvalue weighted by atomic mass is 16.6. The van der Waals surface area contributed by atoms with Gasteiger partial charge in [0.05, 0.1) is 19.8 Å². The molecule has 1 amide bonds. The topological polar surface area (TPSA) is 76.1 Å². The summed E-state index contributed by atoms with van der Waals surface area (Å²) < 4.78 is 10.6. The standard InChI is InChI=1S/C12H19NO5/c14-11(15)7-9-1-3-13(4-2-9)12(16)10-8-17-5-6-18-10/h9-10H,1-8H2,(H,14,15)/t10-/m0/s1. The van der Waals surface area contributed by atoms with Crippen LogP contribution in [0.2, 0.25) is 0 Å². The average molecular weight is 257 g/mol. The molecular weight excluding hydrogens is 238 g/mol. The van der Waals surface area contributed by atoms with E-state index < -0.39 is 12.1 Å². The second-order valence-electron chi connectivity index (χ2n) is 4.80. The summed E-state index contributed by atoms with van der Waals surface area (Å²) in [6.45, 7) is 2.58. The third kappa shape index (κ3) is 3.43. The molecule has 0 unspecified atom stereocenters. The second-order valence-corrected chi connectivity index (χ2v) is 4.80. The van der Waals surface area contributed by atoms with E-state index in [1.807, 2.05) is 0 Å². The first-order chi connectivity index (χ1) is 8.66. The number of rotatable bonds is 3. The molecule has 2 fully saturated rings. The Kier molecular flexibility index (Phi) is 4.54. The predicted octanol–water partition coefficient (Wildman–Crippen LogP) is 0.115. The summed E-state index contributed by atoms with van der Waals surface area (Å²) in [5.74, 6) is -0.595. The zero-order valence-electron chi connectivity index (χ0n) is 10.3. The van der Waals surface area contributed by atoms with E-state index in [2.05, 4.69) is 0 Å². The number of carboxylic acid groups (broad SMARTS) is 1. The minimum atomic E-state index is -0.760. The third-order valence-electron chi connectivity index (χ3n) is 3.48. The fraction of sp³-hybridized carbons (Fsp3) is 0.833. The first-order valence-electron chi connectivity index (χ1n) is 6.36. The highest BCUT2D eigenvalue weighted by Crippen LogP contribution is 2.21. The van der Waals surface area contributed by atoms with Crippen molar-refractivity contribution >= 4 is 11.9 Å². The van der Waals surface area contributed by atoms with E-state index in [9.17, 15) is 9.59 Å². The van der Waals surface area contributed by atoms with Crippen molar-refractivity contribution in [3.8, 4) is 0 Å². The fourth-order valence-electron chi connectivity index (χ4n) is 2.44. The first kappa shape index (κ1) is 13.3. The van der Waals surface area contributed by atoms with Crippen molar-refractivity contribution in [2.75, 3.05) is 32.9 Å². The molecule has 6 nitrogen and oxygen atoms in total. The number of likely N-dealkylation sites (tertiary alicyclic amines) is 1. The Morgan fingerprint density at radius 2 is 1.94 bits per heavy atom. The summed E-state index contributed by atoms with van der Waals surface area (Å²) in [6, 6.07) is 0. The molecule has 0 radical (unpaired) electrons. The molecular formula is C12H19NO5. The van der Waals surface area contributed by atoms with Gasteiger partial charge in [0.15, 0.2) is 6.10 Å². The van der Waals surface area contributed by atoms with Gasteiger partial charge in [0, 0.05) is 19.5 Å². The number of carbonyl (C=O) groups excluding carboxylic acids is 1. The van der Waals surface area contributed by atoms with Crippen molar-refractivity contribution in [2.24, 2.45) is 5.92 Å². The number of hydrogen-bond acceptors (Lipinski definition) is 4. The van der Waals surface area contributed by atoms with Crippen molar-refractivity contribution in [3.05, 3.63) is 0 Å². The molecule has 6 heteroatoms. The molecule has 0 spiro atoms.